The Hall–Kier alpha value is -2.66. The number of piperazine rings is 1. The molecule has 4 rings (SSSR count). The van der Waals surface area contributed by atoms with Gasteiger partial charge in [0.1, 0.15) is 0 Å². The highest BCUT2D eigenvalue weighted by Crippen LogP contribution is 2.35. The first-order valence-electron chi connectivity index (χ1n) is 13.1. The van der Waals surface area contributed by atoms with Crippen LogP contribution in [0.1, 0.15) is 60.8 Å². The van der Waals surface area contributed by atoms with E-state index < -0.39 is 0 Å². The van der Waals surface area contributed by atoms with Gasteiger partial charge in [-0.15, -0.1) is 0 Å². The van der Waals surface area contributed by atoms with Crippen molar-refractivity contribution in [3.05, 3.63) is 106 Å². The van der Waals surface area contributed by atoms with Crippen molar-refractivity contribution in [2.45, 2.75) is 52.4 Å². The largest absolute Gasteiger partial charge is 0.339 e. The molecule has 1 saturated heterocycles. The van der Waals surface area contributed by atoms with Gasteiger partial charge >= 0.3 is 0 Å². The lowest BCUT2D eigenvalue weighted by atomic mass is 9.90. The molecule has 190 valence electrons. The van der Waals surface area contributed by atoms with Crippen LogP contribution in [0, 0.1) is 0 Å². The minimum absolute atomic E-state index is 0.0112. The zero-order chi connectivity index (χ0) is 25.7. The van der Waals surface area contributed by atoms with Gasteiger partial charge in [-0.05, 0) is 62.6 Å². The average molecular weight is 504 g/mol. The smallest absolute Gasteiger partial charge is 0.254 e. The second-order valence-electron chi connectivity index (χ2n) is 9.83. The standard InChI is InChI=1S/C31H38ClN3O/c1-5-33(6-2)31(36)29-15-11-10-14-28(29)30(26-12-8-7-9-13-26)35-21-23(3)34(20-24(35)4)22-25-16-18-27(32)19-17-25/h7-19,23-24,30H,5-6,20-22H2,1-4H3/t23-,24+,30+/m1/s1. The molecule has 3 atom stereocenters. The molecule has 1 aliphatic heterocycles. The summed E-state index contributed by atoms with van der Waals surface area (Å²) >= 11 is 6.10. The van der Waals surface area contributed by atoms with E-state index in [9.17, 15) is 4.79 Å². The molecule has 0 radical (unpaired) electrons. The van der Waals surface area contributed by atoms with Crippen LogP contribution in [0.2, 0.25) is 5.02 Å². The number of nitrogens with zero attached hydrogens (tertiary/aromatic N) is 3. The maximum atomic E-state index is 13.6. The summed E-state index contributed by atoms with van der Waals surface area (Å²) in [5.41, 5.74) is 4.40. The molecule has 1 amide bonds. The summed E-state index contributed by atoms with van der Waals surface area (Å²) in [6.45, 7) is 12.9. The summed E-state index contributed by atoms with van der Waals surface area (Å²) in [7, 11) is 0. The third-order valence-electron chi connectivity index (χ3n) is 7.45. The topological polar surface area (TPSA) is 26.8 Å². The normalized spacial score (nSPS) is 19.7. The summed E-state index contributed by atoms with van der Waals surface area (Å²) in [5, 5.41) is 0.772. The van der Waals surface area contributed by atoms with Crippen LogP contribution in [-0.4, -0.2) is 58.9 Å². The molecule has 0 saturated carbocycles. The van der Waals surface area contributed by atoms with Gasteiger partial charge in [0.15, 0.2) is 0 Å². The quantitative estimate of drug-likeness (QED) is 0.350. The molecular weight excluding hydrogens is 466 g/mol. The second-order valence-corrected chi connectivity index (χ2v) is 10.3. The molecule has 4 nitrogen and oxygen atoms in total. The van der Waals surface area contributed by atoms with Crippen molar-refractivity contribution in [3.8, 4) is 0 Å². The van der Waals surface area contributed by atoms with E-state index in [1.165, 1.54) is 11.1 Å². The Bertz CT molecular complexity index is 1130. The summed E-state index contributed by atoms with van der Waals surface area (Å²) in [5.74, 6) is 0.110. The Labute approximate surface area is 221 Å². The molecule has 3 aromatic carbocycles. The van der Waals surface area contributed by atoms with E-state index in [-0.39, 0.29) is 11.9 Å². The maximum absolute atomic E-state index is 13.6. The summed E-state index contributed by atoms with van der Waals surface area (Å²) in [6.07, 6.45) is 0. The van der Waals surface area contributed by atoms with Crippen LogP contribution in [0.5, 0.6) is 0 Å². The van der Waals surface area contributed by atoms with Crippen LogP contribution in [0.3, 0.4) is 0 Å². The lowest BCUT2D eigenvalue weighted by molar-refractivity contribution is 0.0192. The molecule has 0 unspecified atom stereocenters. The van der Waals surface area contributed by atoms with Gasteiger partial charge in [0.05, 0.1) is 6.04 Å². The lowest BCUT2D eigenvalue weighted by Crippen LogP contribution is -2.57. The fourth-order valence-electron chi connectivity index (χ4n) is 5.43. The van der Waals surface area contributed by atoms with E-state index >= 15 is 0 Å². The second kappa shape index (κ2) is 12.1. The molecule has 0 spiro atoms. The number of carbonyl (C=O) groups excluding carboxylic acids is 1. The predicted octanol–water partition coefficient (Wildman–Crippen LogP) is 6.51. The van der Waals surface area contributed by atoms with Crippen LogP contribution in [0.15, 0.2) is 78.9 Å². The van der Waals surface area contributed by atoms with Crippen LogP contribution in [-0.2, 0) is 6.54 Å². The van der Waals surface area contributed by atoms with Crippen molar-refractivity contribution in [2.24, 2.45) is 0 Å². The molecule has 0 aromatic heterocycles. The number of amides is 1. The van der Waals surface area contributed by atoms with Gasteiger partial charge in [-0.25, -0.2) is 0 Å². The third-order valence-corrected chi connectivity index (χ3v) is 7.70. The van der Waals surface area contributed by atoms with Crippen molar-refractivity contribution in [1.82, 2.24) is 14.7 Å². The number of hydrogen-bond donors (Lipinski definition) is 0. The predicted molar refractivity (Wildman–Crippen MR) is 149 cm³/mol. The molecule has 1 heterocycles. The Balaban J connectivity index is 1.67. The molecule has 1 fully saturated rings. The van der Waals surface area contributed by atoms with E-state index in [0.717, 1.165) is 35.8 Å². The fraction of sp³-hybridized carbons (Fsp3) is 0.387. The first kappa shape index (κ1) is 26.4. The number of hydrogen-bond acceptors (Lipinski definition) is 3. The zero-order valence-corrected chi connectivity index (χ0v) is 22.7. The minimum atomic E-state index is 0.0112. The number of benzene rings is 3. The third kappa shape index (κ3) is 5.83. The van der Waals surface area contributed by atoms with Crippen molar-refractivity contribution >= 4 is 17.5 Å². The van der Waals surface area contributed by atoms with E-state index in [1.807, 2.05) is 43.0 Å². The van der Waals surface area contributed by atoms with Crippen LogP contribution >= 0.6 is 11.6 Å². The molecule has 0 N–H and O–H groups in total. The number of halogens is 1. The summed E-state index contributed by atoms with van der Waals surface area (Å²) < 4.78 is 0. The van der Waals surface area contributed by atoms with E-state index in [4.69, 9.17) is 11.6 Å². The van der Waals surface area contributed by atoms with Crippen molar-refractivity contribution in [2.75, 3.05) is 26.2 Å². The minimum Gasteiger partial charge on any atom is -0.339 e. The molecule has 36 heavy (non-hydrogen) atoms. The van der Waals surface area contributed by atoms with Gasteiger partial charge < -0.3 is 4.90 Å². The number of carbonyl (C=O) groups is 1. The average Bonchev–Trinajstić information content (AvgIpc) is 2.90. The van der Waals surface area contributed by atoms with Crippen molar-refractivity contribution < 1.29 is 4.79 Å². The molecule has 0 bridgehead atoms. The lowest BCUT2D eigenvalue weighted by Gasteiger charge is -2.48. The van der Waals surface area contributed by atoms with E-state index in [1.54, 1.807) is 0 Å². The first-order chi connectivity index (χ1) is 17.4. The highest BCUT2D eigenvalue weighted by Gasteiger charge is 2.36. The number of rotatable bonds is 8. The van der Waals surface area contributed by atoms with Crippen LogP contribution in [0.4, 0.5) is 0 Å². The molecule has 0 aliphatic carbocycles. The zero-order valence-electron chi connectivity index (χ0n) is 21.9. The van der Waals surface area contributed by atoms with Gasteiger partial charge in [-0.1, -0.05) is 72.3 Å². The summed E-state index contributed by atoms with van der Waals surface area (Å²) in [6, 6.07) is 27.7. The fourth-order valence-corrected chi connectivity index (χ4v) is 5.55. The Morgan fingerprint density at radius 1 is 0.889 bits per heavy atom. The highest BCUT2D eigenvalue weighted by atomic mass is 35.5. The van der Waals surface area contributed by atoms with E-state index in [2.05, 4.69) is 78.2 Å². The Morgan fingerprint density at radius 2 is 1.53 bits per heavy atom. The molecular formula is C31H38ClN3O. The van der Waals surface area contributed by atoms with Gasteiger partial charge in [-0.3, -0.25) is 14.6 Å². The maximum Gasteiger partial charge on any atom is 0.254 e. The van der Waals surface area contributed by atoms with Gasteiger partial charge in [0.25, 0.3) is 5.91 Å². The molecule has 5 heteroatoms. The molecule has 1 aliphatic rings. The van der Waals surface area contributed by atoms with E-state index in [0.29, 0.717) is 25.2 Å². The highest BCUT2D eigenvalue weighted by molar-refractivity contribution is 6.30. The Kier molecular flexibility index (Phi) is 8.84. The van der Waals surface area contributed by atoms with Crippen molar-refractivity contribution in [3.63, 3.8) is 0 Å². The van der Waals surface area contributed by atoms with Gasteiger partial charge in [0.2, 0.25) is 0 Å². The van der Waals surface area contributed by atoms with Gasteiger partial charge in [0, 0.05) is 55.4 Å². The molecule has 3 aromatic rings. The summed E-state index contributed by atoms with van der Waals surface area (Å²) in [4.78, 5) is 20.6. The van der Waals surface area contributed by atoms with Crippen molar-refractivity contribution in [1.29, 1.82) is 0 Å². The van der Waals surface area contributed by atoms with Gasteiger partial charge in [-0.2, -0.15) is 0 Å². The first-order valence-corrected chi connectivity index (χ1v) is 13.5. The van der Waals surface area contributed by atoms with Crippen LogP contribution < -0.4 is 0 Å². The van der Waals surface area contributed by atoms with Crippen LogP contribution in [0.25, 0.3) is 0 Å². The SMILES string of the molecule is CCN(CC)C(=O)c1ccccc1[C@H](c1ccccc1)N1C[C@@H](C)N(Cc2ccc(Cl)cc2)C[C@@H]1C. The Morgan fingerprint density at radius 3 is 2.19 bits per heavy atom. The monoisotopic (exact) mass is 503 g/mol.